The summed E-state index contributed by atoms with van der Waals surface area (Å²) in [7, 11) is 0. The number of pyridine rings is 1. The van der Waals surface area contributed by atoms with E-state index in [1.165, 1.54) is 5.56 Å². The maximum atomic E-state index is 5.69. The largest absolute Gasteiger partial charge is 0.397 e. The van der Waals surface area contributed by atoms with Crippen molar-refractivity contribution in [3.05, 3.63) is 53.7 Å². The lowest BCUT2D eigenvalue weighted by atomic mass is 10.1. The number of nitrogens with two attached hydrogens (primary N) is 1. The fourth-order valence-corrected chi connectivity index (χ4v) is 2.00. The summed E-state index contributed by atoms with van der Waals surface area (Å²) in [6.45, 7) is 4.17. The molecule has 0 saturated carbocycles. The van der Waals surface area contributed by atoms with E-state index in [1.54, 1.807) is 6.20 Å². The van der Waals surface area contributed by atoms with Crippen LogP contribution >= 0.6 is 0 Å². The van der Waals surface area contributed by atoms with Crippen LogP contribution in [0, 0.1) is 6.92 Å². The molecule has 2 rings (SSSR count). The Morgan fingerprint density at radius 2 is 2.00 bits per heavy atom. The summed E-state index contributed by atoms with van der Waals surface area (Å²) in [4.78, 5) is 4.32. The maximum Gasteiger partial charge on any atom is 0.129 e. The highest BCUT2D eigenvalue weighted by atomic mass is 15.0. The lowest BCUT2D eigenvalue weighted by Crippen LogP contribution is -2.19. The molecule has 1 heterocycles. The molecule has 0 saturated heterocycles. The van der Waals surface area contributed by atoms with Gasteiger partial charge in [-0.05, 0) is 37.5 Å². The molecule has 3 nitrogen and oxygen atoms in total. The predicted octanol–water partition coefficient (Wildman–Crippen LogP) is 3.02. The second-order valence-electron chi connectivity index (χ2n) is 4.67. The van der Waals surface area contributed by atoms with E-state index < -0.39 is 0 Å². The van der Waals surface area contributed by atoms with Gasteiger partial charge in [0.25, 0.3) is 0 Å². The number of nitrogens with one attached hydrogen (secondary N) is 1. The van der Waals surface area contributed by atoms with Gasteiger partial charge in [-0.1, -0.05) is 30.3 Å². The van der Waals surface area contributed by atoms with Gasteiger partial charge in [-0.3, -0.25) is 0 Å². The molecule has 1 aromatic carbocycles. The number of hydrogen-bond acceptors (Lipinski definition) is 3. The monoisotopic (exact) mass is 241 g/mol. The summed E-state index contributed by atoms with van der Waals surface area (Å²) in [6.07, 6.45) is 2.66. The van der Waals surface area contributed by atoms with Gasteiger partial charge in [-0.25, -0.2) is 4.98 Å². The molecule has 1 unspecified atom stereocenters. The minimum absolute atomic E-state index is 0.335. The van der Waals surface area contributed by atoms with Crippen molar-refractivity contribution in [3.8, 4) is 0 Å². The van der Waals surface area contributed by atoms with Crippen molar-refractivity contribution in [1.82, 2.24) is 4.98 Å². The molecule has 0 radical (unpaired) electrons. The average molecular weight is 241 g/mol. The molecule has 0 aliphatic carbocycles. The molecule has 1 aromatic heterocycles. The summed E-state index contributed by atoms with van der Waals surface area (Å²) >= 11 is 0. The number of anilines is 2. The maximum absolute atomic E-state index is 5.69. The van der Waals surface area contributed by atoms with Gasteiger partial charge in [0, 0.05) is 6.04 Å². The Kier molecular flexibility index (Phi) is 3.82. The van der Waals surface area contributed by atoms with Gasteiger partial charge < -0.3 is 11.1 Å². The first-order valence-electron chi connectivity index (χ1n) is 6.18. The van der Waals surface area contributed by atoms with Crippen LogP contribution in [-0.2, 0) is 6.42 Å². The van der Waals surface area contributed by atoms with Gasteiger partial charge in [0.15, 0.2) is 0 Å². The number of aryl methyl sites for hydroxylation is 1. The van der Waals surface area contributed by atoms with Crippen molar-refractivity contribution in [1.29, 1.82) is 0 Å². The van der Waals surface area contributed by atoms with E-state index in [2.05, 4.69) is 41.5 Å². The number of nitrogen functional groups attached to an aromatic ring is 1. The molecule has 0 aliphatic heterocycles. The van der Waals surface area contributed by atoms with Crippen LogP contribution in [0.5, 0.6) is 0 Å². The lowest BCUT2D eigenvalue weighted by molar-refractivity contribution is 0.783. The highest BCUT2D eigenvalue weighted by molar-refractivity contribution is 5.51. The molecular weight excluding hydrogens is 222 g/mol. The van der Waals surface area contributed by atoms with Crippen LogP contribution in [0.25, 0.3) is 0 Å². The number of rotatable bonds is 4. The first-order valence-corrected chi connectivity index (χ1v) is 6.18. The summed E-state index contributed by atoms with van der Waals surface area (Å²) < 4.78 is 0. The number of nitrogens with zero attached hydrogens (tertiary/aromatic N) is 1. The van der Waals surface area contributed by atoms with Crippen molar-refractivity contribution in [3.63, 3.8) is 0 Å². The van der Waals surface area contributed by atoms with Crippen LogP contribution in [0.1, 0.15) is 18.1 Å². The molecule has 2 aromatic rings. The van der Waals surface area contributed by atoms with Gasteiger partial charge >= 0.3 is 0 Å². The molecule has 0 spiro atoms. The van der Waals surface area contributed by atoms with E-state index in [9.17, 15) is 0 Å². The van der Waals surface area contributed by atoms with Gasteiger partial charge in [-0.2, -0.15) is 0 Å². The van der Waals surface area contributed by atoms with Crippen molar-refractivity contribution in [2.75, 3.05) is 11.1 Å². The third kappa shape index (κ3) is 3.23. The topological polar surface area (TPSA) is 50.9 Å². The molecule has 3 N–H and O–H groups in total. The van der Waals surface area contributed by atoms with Crippen molar-refractivity contribution >= 4 is 11.5 Å². The van der Waals surface area contributed by atoms with Crippen molar-refractivity contribution in [2.45, 2.75) is 26.3 Å². The van der Waals surface area contributed by atoms with E-state index in [0.29, 0.717) is 11.7 Å². The highest BCUT2D eigenvalue weighted by Crippen LogP contribution is 2.16. The van der Waals surface area contributed by atoms with Crippen molar-refractivity contribution in [2.24, 2.45) is 0 Å². The Labute approximate surface area is 108 Å². The fraction of sp³-hybridized carbons (Fsp3) is 0.267. The second kappa shape index (κ2) is 5.54. The Bertz CT molecular complexity index is 508. The lowest BCUT2D eigenvalue weighted by Gasteiger charge is -2.16. The van der Waals surface area contributed by atoms with Crippen LogP contribution in [0.2, 0.25) is 0 Å². The van der Waals surface area contributed by atoms with Crippen LogP contribution < -0.4 is 11.1 Å². The van der Waals surface area contributed by atoms with Crippen LogP contribution in [0.3, 0.4) is 0 Å². The van der Waals surface area contributed by atoms with Gasteiger partial charge in [-0.15, -0.1) is 0 Å². The van der Waals surface area contributed by atoms with Gasteiger partial charge in [0.05, 0.1) is 11.9 Å². The zero-order valence-corrected chi connectivity index (χ0v) is 10.9. The van der Waals surface area contributed by atoms with E-state index >= 15 is 0 Å². The summed E-state index contributed by atoms with van der Waals surface area (Å²) in [5.41, 5.74) is 8.80. The van der Waals surface area contributed by atoms with E-state index in [1.807, 2.05) is 19.1 Å². The standard InChI is InChI=1S/C15H19N3/c1-11-8-14(16)10-17-15(11)18-12(2)9-13-6-4-3-5-7-13/h3-8,10,12H,9,16H2,1-2H3,(H,17,18). The smallest absolute Gasteiger partial charge is 0.129 e. The first-order chi connectivity index (χ1) is 8.65. The zero-order valence-electron chi connectivity index (χ0n) is 10.9. The van der Waals surface area contributed by atoms with E-state index in [-0.39, 0.29) is 0 Å². The number of benzene rings is 1. The highest BCUT2D eigenvalue weighted by Gasteiger charge is 2.06. The molecular formula is C15H19N3. The third-order valence-electron chi connectivity index (χ3n) is 2.87. The number of aromatic nitrogens is 1. The quantitative estimate of drug-likeness (QED) is 0.865. The summed E-state index contributed by atoms with van der Waals surface area (Å²) in [5, 5.41) is 3.42. The van der Waals surface area contributed by atoms with E-state index in [4.69, 9.17) is 5.73 Å². The Morgan fingerprint density at radius 1 is 1.28 bits per heavy atom. The minimum atomic E-state index is 0.335. The molecule has 3 heteroatoms. The Morgan fingerprint density at radius 3 is 2.67 bits per heavy atom. The predicted molar refractivity (Wildman–Crippen MR) is 76.6 cm³/mol. The van der Waals surface area contributed by atoms with Gasteiger partial charge in [0.2, 0.25) is 0 Å². The zero-order chi connectivity index (χ0) is 13.0. The van der Waals surface area contributed by atoms with Crippen LogP contribution in [-0.4, -0.2) is 11.0 Å². The molecule has 0 bridgehead atoms. The van der Waals surface area contributed by atoms with Crippen LogP contribution in [0.15, 0.2) is 42.6 Å². The molecule has 1 atom stereocenters. The van der Waals surface area contributed by atoms with Crippen molar-refractivity contribution < 1.29 is 0 Å². The van der Waals surface area contributed by atoms with Gasteiger partial charge in [0.1, 0.15) is 5.82 Å². The second-order valence-corrected chi connectivity index (χ2v) is 4.67. The average Bonchev–Trinajstić information content (AvgIpc) is 2.34. The fourth-order valence-electron chi connectivity index (χ4n) is 2.00. The molecule has 18 heavy (non-hydrogen) atoms. The minimum Gasteiger partial charge on any atom is -0.397 e. The molecule has 0 amide bonds. The number of hydrogen-bond donors (Lipinski definition) is 2. The van der Waals surface area contributed by atoms with Crippen LogP contribution in [0.4, 0.5) is 11.5 Å². The molecule has 0 aliphatic rings. The summed E-state index contributed by atoms with van der Waals surface area (Å²) in [5.74, 6) is 0.910. The first kappa shape index (κ1) is 12.4. The third-order valence-corrected chi connectivity index (χ3v) is 2.87. The Balaban J connectivity index is 2.01. The molecule has 0 fully saturated rings. The SMILES string of the molecule is Cc1cc(N)cnc1NC(C)Cc1ccccc1. The molecule has 94 valence electrons. The normalized spacial score (nSPS) is 12.1. The van der Waals surface area contributed by atoms with E-state index in [0.717, 1.165) is 17.8 Å². The Hall–Kier alpha value is -2.03. The summed E-state index contributed by atoms with van der Waals surface area (Å²) in [6, 6.07) is 12.7.